The first-order chi connectivity index (χ1) is 18.4. The third kappa shape index (κ3) is 6.12. The van der Waals surface area contributed by atoms with Crippen molar-refractivity contribution < 1.29 is 9.59 Å². The Morgan fingerprint density at radius 3 is 2.39 bits per heavy atom. The maximum absolute atomic E-state index is 13.5. The molecule has 1 saturated carbocycles. The van der Waals surface area contributed by atoms with Crippen LogP contribution < -0.4 is 10.9 Å². The first-order valence-electron chi connectivity index (χ1n) is 13.7. The zero-order valence-electron chi connectivity index (χ0n) is 22.2. The zero-order chi connectivity index (χ0) is 26.6. The van der Waals surface area contributed by atoms with Gasteiger partial charge in [-0.1, -0.05) is 62.7 Å². The van der Waals surface area contributed by atoms with Crippen molar-refractivity contribution in [1.29, 1.82) is 0 Å². The number of hydrogen-bond acceptors (Lipinski definition) is 5. The summed E-state index contributed by atoms with van der Waals surface area (Å²) in [6.45, 7) is 6.25. The van der Waals surface area contributed by atoms with Gasteiger partial charge < -0.3 is 10.2 Å². The summed E-state index contributed by atoms with van der Waals surface area (Å²) in [4.78, 5) is 45.9. The summed E-state index contributed by atoms with van der Waals surface area (Å²) in [7, 11) is 0. The molecule has 5 rings (SSSR count). The van der Waals surface area contributed by atoms with Gasteiger partial charge in [0.05, 0.1) is 23.2 Å². The molecule has 2 fully saturated rings. The maximum Gasteiger partial charge on any atom is 0.262 e. The fourth-order valence-electron chi connectivity index (χ4n) is 5.76. The van der Waals surface area contributed by atoms with E-state index in [1.165, 1.54) is 24.6 Å². The van der Waals surface area contributed by atoms with Crippen molar-refractivity contribution in [2.75, 3.05) is 18.8 Å². The molecular formula is C30H36N4O3S. The number of rotatable bonds is 7. The highest BCUT2D eigenvalue weighted by Crippen LogP contribution is 2.24. The van der Waals surface area contributed by atoms with Gasteiger partial charge in [0.25, 0.3) is 11.5 Å². The maximum atomic E-state index is 13.5. The standard InChI is InChI=1S/C30H36N4O3S/c1-20-15-21(2)17-33(16-20)27(35)19-38-30-32-26-10-6-5-9-25(26)29(37)34(30)18-22-11-13-23(14-12-22)28(36)31-24-7-3-4-8-24/h5-6,9-14,20-21,24H,3-4,7-8,15-19H2,1-2H3,(H,31,36). The Bertz CT molecular complexity index is 1350. The number of likely N-dealkylation sites (tertiary alicyclic amines) is 1. The van der Waals surface area contributed by atoms with E-state index in [-0.39, 0.29) is 29.2 Å². The fraction of sp³-hybridized carbons (Fsp3) is 0.467. The third-order valence-corrected chi connectivity index (χ3v) is 8.58. The van der Waals surface area contributed by atoms with Gasteiger partial charge >= 0.3 is 0 Å². The summed E-state index contributed by atoms with van der Waals surface area (Å²) in [5.74, 6) is 1.26. The van der Waals surface area contributed by atoms with E-state index in [9.17, 15) is 14.4 Å². The highest BCUT2D eigenvalue weighted by molar-refractivity contribution is 7.99. The predicted molar refractivity (Wildman–Crippen MR) is 152 cm³/mol. The molecule has 1 aliphatic carbocycles. The van der Waals surface area contributed by atoms with Crippen molar-refractivity contribution >= 4 is 34.5 Å². The van der Waals surface area contributed by atoms with Gasteiger partial charge in [-0.15, -0.1) is 0 Å². The van der Waals surface area contributed by atoms with Crippen LogP contribution in [0.2, 0.25) is 0 Å². The molecule has 1 saturated heterocycles. The quantitative estimate of drug-likeness (QED) is 0.352. The van der Waals surface area contributed by atoms with Crippen LogP contribution in [0.1, 0.15) is 61.9 Å². The van der Waals surface area contributed by atoms with Crippen LogP contribution in [0.3, 0.4) is 0 Å². The van der Waals surface area contributed by atoms with E-state index >= 15 is 0 Å². The first kappa shape index (κ1) is 26.5. The Hall–Kier alpha value is -3.13. The van der Waals surface area contributed by atoms with Crippen LogP contribution in [-0.4, -0.2) is 51.1 Å². The van der Waals surface area contributed by atoms with E-state index in [0.717, 1.165) is 37.9 Å². The van der Waals surface area contributed by atoms with Crippen molar-refractivity contribution in [1.82, 2.24) is 19.8 Å². The molecular weight excluding hydrogens is 496 g/mol. The summed E-state index contributed by atoms with van der Waals surface area (Å²) >= 11 is 1.32. The minimum atomic E-state index is -0.131. The third-order valence-electron chi connectivity index (χ3n) is 7.62. The number of hydrogen-bond donors (Lipinski definition) is 1. The molecule has 2 atom stereocenters. The molecule has 2 heterocycles. The molecule has 1 aliphatic heterocycles. The molecule has 200 valence electrons. The summed E-state index contributed by atoms with van der Waals surface area (Å²) in [5.41, 5.74) is 2.01. The lowest BCUT2D eigenvalue weighted by Gasteiger charge is -2.35. The number of para-hydroxylation sites is 1. The van der Waals surface area contributed by atoms with Crippen LogP contribution in [0.15, 0.2) is 58.5 Å². The van der Waals surface area contributed by atoms with Crippen LogP contribution in [0.5, 0.6) is 0 Å². The number of aromatic nitrogens is 2. The van der Waals surface area contributed by atoms with E-state index in [2.05, 4.69) is 19.2 Å². The topological polar surface area (TPSA) is 84.3 Å². The molecule has 0 bridgehead atoms. The second-order valence-corrected chi connectivity index (χ2v) is 11.9. The molecule has 2 unspecified atom stereocenters. The number of fused-ring (bicyclic) bond motifs is 1. The van der Waals surface area contributed by atoms with Crippen molar-refractivity contribution in [3.05, 3.63) is 70.0 Å². The minimum Gasteiger partial charge on any atom is -0.349 e. The Balaban J connectivity index is 1.35. The van der Waals surface area contributed by atoms with Gasteiger partial charge in [0.1, 0.15) is 0 Å². The van der Waals surface area contributed by atoms with E-state index in [1.807, 2.05) is 47.4 Å². The monoisotopic (exact) mass is 532 g/mol. The Morgan fingerprint density at radius 1 is 1.00 bits per heavy atom. The number of carbonyl (C=O) groups excluding carboxylic acids is 2. The van der Waals surface area contributed by atoms with Gasteiger partial charge in [-0.25, -0.2) is 4.98 Å². The molecule has 7 nitrogen and oxygen atoms in total. The van der Waals surface area contributed by atoms with E-state index in [0.29, 0.717) is 40.0 Å². The van der Waals surface area contributed by atoms with Crippen LogP contribution in [-0.2, 0) is 11.3 Å². The molecule has 0 radical (unpaired) electrons. The van der Waals surface area contributed by atoms with Gasteiger partial charge in [0.15, 0.2) is 5.16 Å². The molecule has 1 N–H and O–H groups in total. The summed E-state index contributed by atoms with van der Waals surface area (Å²) < 4.78 is 1.65. The normalized spacial score (nSPS) is 20.1. The molecule has 2 amide bonds. The van der Waals surface area contributed by atoms with Crippen LogP contribution >= 0.6 is 11.8 Å². The molecule has 0 spiro atoms. The molecule has 1 aromatic heterocycles. The highest BCUT2D eigenvalue weighted by atomic mass is 32.2. The number of carbonyl (C=O) groups is 2. The van der Waals surface area contributed by atoms with Crippen molar-refractivity contribution in [2.24, 2.45) is 11.8 Å². The Kier molecular flexibility index (Phi) is 8.17. The van der Waals surface area contributed by atoms with Crippen LogP contribution in [0.4, 0.5) is 0 Å². The lowest BCUT2D eigenvalue weighted by Crippen LogP contribution is -2.43. The van der Waals surface area contributed by atoms with Crippen LogP contribution in [0.25, 0.3) is 10.9 Å². The summed E-state index contributed by atoms with van der Waals surface area (Å²) in [5, 5.41) is 4.20. The average molecular weight is 533 g/mol. The van der Waals surface area contributed by atoms with Gasteiger partial charge in [-0.2, -0.15) is 0 Å². The van der Waals surface area contributed by atoms with Crippen molar-refractivity contribution in [2.45, 2.75) is 63.7 Å². The van der Waals surface area contributed by atoms with Crippen molar-refractivity contribution in [3.8, 4) is 0 Å². The van der Waals surface area contributed by atoms with E-state index in [1.54, 1.807) is 10.6 Å². The number of nitrogens with one attached hydrogen (secondary N) is 1. The number of thioether (sulfide) groups is 1. The fourth-order valence-corrected chi connectivity index (χ4v) is 6.67. The molecule has 2 aliphatic rings. The highest BCUT2D eigenvalue weighted by Gasteiger charge is 2.26. The molecule has 3 aromatic rings. The Morgan fingerprint density at radius 2 is 1.68 bits per heavy atom. The summed E-state index contributed by atoms with van der Waals surface area (Å²) in [6.07, 6.45) is 5.56. The average Bonchev–Trinajstić information content (AvgIpc) is 3.42. The second-order valence-electron chi connectivity index (χ2n) is 11.0. The predicted octanol–water partition coefficient (Wildman–Crippen LogP) is 4.71. The van der Waals surface area contributed by atoms with Gasteiger partial charge in [0.2, 0.25) is 5.91 Å². The smallest absolute Gasteiger partial charge is 0.262 e. The lowest BCUT2D eigenvalue weighted by molar-refractivity contribution is -0.130. The van der Waals surface area contributed by atoms with Gasteiger partial charge in [-0.05, 0) is 60.9 Å². The number of nitrogens with zero attached hydrogens (tertiary/aromatic N) is 3. The second kappa shape index (κ2) is 11.7. The lowest BCUT2D eigenvalue weighted by atomic mass is 9.92. The van der Waals surface area contributed by atoms with Gasteiger partial charge in [-0.3, -0.25) is 19.0 Å². The number of piperidine rings is 1. The van der Waals surface area contributed by atoms with Crippen LogP contribution in [0, 0.1) is 11.8 Å². The minimum absolute atomic E-state index is 0.0518. The van der Waals surface area contributed by atoms with Crippen molar-refractivity contribution in [3.63, 3.8) is 0 Å². The van der Waals surface area contributed by atoms with E-state index in [4.69, 9.17) is 4.98 Å². The molecule has 2 aromatic carbocycles. The molecule has 38 heavy (non-hydrogen) atoms. The summed E-state index contributed by atoms with van der Waals surface area (Å²) in [6, 6.07) is 15.0. The van der Waals surface area contributed by atoms with E-state index < -0.39 is 0 Å². The largest absolute Gasteiger partial charge is 0.349 e. The number of benzene rings is 2. The SMILES string of the molecule is CC1CC(C)CN(C(=O)CSc2nc3ccccc3c(=O)n2Cc2ccc(C(=O)NC3CCCC3)cc2)C1. The molecule has 8 heteroatoms. The zero-order valence-corrected chi connectivity index (χ0v) is 23.0. The first-order valence-corrected chi connectivity index (χ1v) is 14.7. The number of amides is 2. The van der Waals surface area contributed by atoms with Gasteiger partial charge in [0, 0.05) is 24.7 Å². The Labute approximate surface area is 228 Å².